The van der Waals surface area contributed by atoms with Gasteiger partial charge < -0.3 is 4.90 Å². The molecule has 1 aliphatic rings. The number of hydrogen-bond acceptors (Lipinski definition) is 1. The maximum Gasteiger partial charge on any atom is 0.0787 e. The van der Waals surface area contributed by atoms with Crippen LogP contribution in [0.5, 0.6) is 0 Å². The first-order chi connectivity index (χ1) is 6.83. The molecule has 0 amide bonds. The van der Waals surface area contributed by atoms with Gasteiger partial charge in [0, 0.05) is 12.7 Å². The summed E-state index contributed by atoms with van der Waals surface area (Å²) in [5.74, 6) is 0. The van der Waals surface area contributed by atoms with Gasteiger partial charge in [0.25, 0.3) is 0 Å². The molecule has 0 aromatic carbocycles. The first-order valence-corrected chi connectivity index (χ1v) is 5.96. The highest BCUT2D eigenvalue weighted by Crippen LogP contribution is 2.40. The van der Waals surface area contributed by atoms with Crippen molar-refractivity contribution in [1.82, 2.24) is 4.90 Å². The van der Waals surface area contributed by atoms with Crippen molar-refractivity contribution in [2.45, 2.75) is 51.8 Å². The van der Waals surface area contributed by atoms with E-state index in [9.17, 15) is 0 Å². The molecule has 0 heterocycles. The smallest absolute Gasteiger partial charge is 0.0787 e. The molecule has 0 saturated heterocycles. The molecule has 0 bridgehead atoms. The molecule has 0 N–H and O–H groups in total. The summed E-state index contributed by atoms with van der Waals surface area (Å²) in [6, 6.07) is 0. The standard InChI is InChI=1S/C12H20BNS/c1-9-8-12(3,13)7-5-6-11(9)14(4)10(2)15/h5-8H2,1-4H3. The minimum atomic E-state index is -0.0396. The van der Waals surface area contributed by atoms with Gasteiger partial charge in [-0.1, -0.05) is 36.4 Å². The van der Waals surface area contributed by atoms with E-state index in [0.29, 0.717) is 0 Å². The molecule has 2 radical (unpaired) electrons. The number of nitrogens with zero attached hydrogens (tertiary/aromatic N) is 1. The normalized spacial score (nSPS) is 27.5. The molecule has 0 spiro atoms. The SMILES string of the molecule is [B]C1(C)CCCC(N(C)C(C)=S)=C(C)C1. The predicted octanol–water partition coefficient (Wildman–Crippen LogP) is 3.46. The predicted molar refractivity (Wildman–Crippen MR) is 71.3 cm³/mol. The molecule has 1 unspecified atom stereocenters. The monoisotopic (exact) mass is 221 g/mol. The van der Waals surface area contributed by atoms with Gasteiger partial charge in [0.15, 0.2) is 0 Å². The van der Waals surface area contributed by atoms with E-state index in [4.69, 9.17) is 20.1 Å². The summed E-state index contributed by atoms with van der Waals surface area (Å²) >= 11 is 5.21. The molecular formula is C12H20BNS. The zero-order valence-electron chi connectivity index (χ0n) is 10.3. The summed E-state index contributed by atoms with van der Waals surface area (Å²) in [6.07, 6.45) is 4.34. The summed E-state index contributed by atoms with van der Waals surface area (Å²) < 4.78 is 0. The van der Waals surface area contributed by atoms with Gasteiger partial charge in [-0.2, -0.15) is 0 Å². The molecule has 1 atom stereocenters. The van der Waals surface area contributed by atoms with E-state index in [2.05, 4.69) is 25.8 Å². The van der Waals surface area contributed by atoms with Crippen LogP contribution in [0.4, 0.5) is 0 Å². The Hall–Kier alpha value is -0.305. The first kappa shape index (κ1) is 12.8. The quantitative estimate of drug-likeness (QED) is 0.492. The molecule has 1 nitrogen and oxygen atoms in total. The molecule has 1 rings (SSSR count). The lowest BCUT2D eigenvalue weighted by atomic mass is 9.65. The van der Waals surface area contributed by atoms with E-state index >= 15 is 0 Å². The number of allylic oxidation sites excluding steroid dienone is 2. The Morgan fingerprint density at radius 1 is 1.53 bits per heavy atom. The first-order valence-electron chi connectivity index (χ1n) is 5.55. The van der Waals surface area contributed by atoms with E-state index in [1.807, 2.05) is 6.92 Å². The van der Waals surface area contributed by atoms with Crippen molar-refractivity contribution < 1.29 is 0 Å². The summed E-state index contributed by atoms with van der Waals surface area (Å²) in [6.45, 7) is 6.30. The van der Waals surface area contributed by atoms with Gasteiger partial charge >= 0.3 is 0 Å². The summed E-state index contributed by atoms with van der Waals surface area (Å²) in [4.78, 5) is 3.07. The molecule has 3 heteroatoms. The highest BCUT2D eigenvalue weighted by atomic mass is 32.1. The second-order valence-corrected chi connectivity index (χ2v) is 5.58. The van der Waals surface area contributed by atoms with Gasteiger partial charge in [0.05, 0.1) is 12.8 Å². The Balaban J connectivity index is 2.91. The summed E-state index contributed by atoms with van der Waals surface area (Å²) in [5, 5.41) is -0.0396. The van der Waals surface area contributed by atoms with Crippen molar-refractivity contribution in [1.29, 1.82) is 0 Å². The van der Waals surface area contributed by atoms with E-state index < -0.39 is 0 Å². The largest absolute Gasteiger partial charge is 0.343 e. The molecule has 0 fully saturated rings. The number of rotatable bonds is 1. The van der Waals surface area contributed by atoms with Gasteiger partial charge in [-0.3, -0.25) is 0 Å². The number of hydrogen-bond donors (Lipinski definition) is 0. The minimum Gasteiger partial charge on any atom is -0.343 e. The van der Waals surface area contributed by atoms with Crippen LogP contribution in [0, 0.1) is 0 Å². The van der Waals surface area contributed by atoms with Crippen LogP contribution in [0.3, 0.4) is 0 Å². The average Bonchev–Trinajstić information content (AvgIpc) is 2.21. The Bertz CT molecular complexity index is 294. The fourth-order valence-corrected chi connectivity index (χ4v) is 2.42. The third kappa shape index (κ3) is 3.34. The van der Waals surface area contributed by atoms with Crippen molar-refractivity contribution in [3.8, 4) is 0 Å². The lowest BCUT2D eigenvalue weighted by Gasteiger charge is -2.25. The van der Waals surface area contributed by atoms with Gasteiger partial charge in [0.1, 0.15) is 0 Å². The van der Waals surface area contributed by atoms with Gasteiger partial charge in [-0.05, 0) is 33.1 Å². The Morgan fingerprint density at radius 3 is 2.67 bits per heavy atom. The van der Waals surface area contributed by atoms with Crippen molar-refractivity contribution in [2.24, 2.45) is 0 Å². The molecule has 0 saturated carbocycles. The molecule has 1 aliphatic carbocycles. The van der Waals surface area contributed by atoms with Crippen LogP contribution in [0.2, 0.25) is 5.31 Å². The van der Waals surface area contributed by atoms with Crippen LogP contribution >= 0.6 is 12.2 Å². The van der Waals surface area contributed by atoms with E-state index in [0.717, 1.165) is 30.7 Å². The van der Waals surface area contributed by atoms with Gasteiger partial charge in [0.2, 0.25) is 0 Å². The molecular weight excluding hydrogens is 201 g/mol. The Morgan fingerprint density at radius 2 is 2.13 bits per heavy atom. The maximum atomic E-state index is 6.22. The lowest BCUT2D eigenvalue weighted by molar-refractivity contribution is 0.539. The topological polar surface area (TPSA) is 3.24 Å². The Labute approximate surface area is 100 Å². The maximum absolute atomic E-state index is 6.22. The lowest BCUT2D eigenvalue weighted by Crippen LogP contribution is -2.22. The Kier molecular flexibility index (Phi) is 3.99. The second-order valence-electron chi connectivity index (χ2n) is 4.99. The number of thiocarbonyl (C=S) groups is 1. The summed E-state index contributed by atoms with van der Waals surface area (Å²) in [7, 11) is 8.28. The van der Waals surface area contributed by atoms with Gasteiger partial charge in [-0.25, -0.2) is 0 Å². The fraction of sp³-hybridized carbons (Fsp3) is 0.750. The zero-order chi connectivity index (χ0) is 11.6. The minimum absolute atomic E-state index is 0.0396. The van der Waals surface area contributed by atoms with Crippen molar-refractivity contribution in [2.75, 3.05) is 7.05 Å². The average molecular weight is 221 g/mol. The van der Waals surface area contributed by atoms with Crippen LogP contribution in [0.25, 0.3) is 0 Å². The molecule has 0 aromatic heterocycles. The molecule has 0 aliphatic heterocycles. The van der Waals surface area contributed by atoms with Crippen molar-refractivity contribution in [3.05, 3.63) is 11.3 Å². The van der Waals surface area contributed by atoms with Crippen molar-refractivity contribution in [3.63, 3.8) is 0 Å². The van der Waals surface area contributed by atoms with E-state index in [1.165, 1.54) is 11.3 Å². The van der Waals surface area contributed by atoms with Crippen molar-refractivity contribution >= 4 is 25.1 Å². The third-order valence-corrected chi connectivity index (χ3v) is 3.47. The molecule has 15 heavy (non-hydrogen) atoms. The van der Waals surface area contributed by atoms with E-state index in [1.54, 1.807) is 0 Å². The second kappa shape index (κ2) is 4.69. The highest BCUT2D eigenvalue weighted by Gasteiger charge is 2.24. The fourth-order valence-electron chi connectivity index (χ4n) is 2.31. The van der Waals surface area contributed by atoms with Gasteiger partial charge in [-0.15, -0.1) is 0 Å². The van der Waals surface area contributed by atoms with Crippen LogP contribution < -0.4 is 0 Å². The third-order valence-electron chi connectivity index (χ3n) is 3.20. The van der Waals surface area contributed by atoms with Crippen LogP contribution in [0.15, 0.2) is 11.3 Å². The van der Waals surface area contributed by atoms with Crippen LogP contribution in [0.1, 0.15) is 46.5 Å². The van der Waals surface area contributed by atoms with Crippen LogP contribution in [-0.4, -0.2) is 24.8 Å². The molecule has 0 aromatic rings. The highest BCUT2D eigenvalue weighted by molar-refractivity contribution is 7.80. The zero-order valence-corrected chi connectivity index (χ0v) is 11.1. The van der Waals surface area contributed by atoms with E-state index in [-0.39, 0.29) is 5.31 Å². The summed E-state index contributed by atoms with van der Waals surface area (Å²) in [5.41, 5.74) is 2.76. The molecule has 82 valence electrons. The van der Waals surface area contributed by atoms with Crippen LogP contribution in [-0.2, 0) is 0 Å².